The molecule has 0 spiro atoms. The van der Waals surface area contributed by atoms with Gasteiger partial charge in [0.1, 0.15) is 11.5 Å². The molecule has 166 valence electrons. The fourth-order valence-electron chi connectivity index (χ4n) is 3.04. The average Bonchev–Trinajstić information content (AvgIpc) is 2.80. The fourth-order valence-corrected chi connectivity index (χ4v) is 3.90. The predicted octanol–water partition coefficient (Wildman–Crippen LogP) is 5.38. The normalized spacial score (nSPS) is 11.4. The summed E-state index contributed by atoms with van der Waals surface area (Å²) in [5.41, 5.74) is 2.85. The number of rotatable bonds is 8. The van der Waals surface area contributed by atoms with Crippen LogP contribution in [0.2, 0.25) is 0 Å². The van der Waals surface area contributed by atoms with Crippen LogP contribution in [0.5, 0.6) is 11.5 Å². The van der Waals surface area contributed by atoms with Gasteiger partial charge in [0.15, 0.2) is 0 Å². The van der Waals surface area contributed by atoms with Crippen LogP contribution in [0.1, 0.15) is 22.8 Å². The summed E-state index contributed by atoms with van der Waals surface area (Å²) >= 11 is 1.43. The smallest absolute Gasteiger partial charge is 0.255 e. The molecule has 0 heterocycles. The molecule has 1 atom stereocenters. The van der Waals surface area contributed by atoms with Gasteiger partial charge < -0.3 is 20.1 Å². The van der Waals surface area contributed by atoms with E-state index in [1.54, 1.807) is 38.5 Å². The van der Waals surface area contributed by atoms with Crippen molar-refractivity contribution in [2.45, 2.75) is 24.0 Å². The van der Waals surface area contributed by atoms with Gasteiger partial charge in [-0.3, -0.25) is 9.59 Å². The van der Waals surface area contributed by atoms with Crippen molar-refractivity contribution in [2.75, 3.05) is 24.9 Å². The van der Waals surface area contributed by atoms with Crippen molar-refractivity contribution in [1.82, 2.24) is 0 Å². The van der Waals surface area contributed by atoms with Gasteiger partial charge in [0, 0.05) is 22.2 Å². The Labute approximate surface area is 192 Å². The van der Waals surface area contributed by atoms with Crippen LogP contribution < -0.4 is 20.1 Å². The molecule has 0 aliphatic rings. The van der Waals surface area contributed by atoms with E-state index >= 15 is 0 Å². The van der Waals surface area contributed by atoms with E-state index in [9.17, 15) is 9.59 Å². The van der Waals surface area contributed by atoms with E-state index in [1.165, 1.54) is 11.8 Å². The first-order valence-corrected chi connectivity index (χ1v) is 11.0. The Morgan fingerprint density at radius 2 is 1.62 bits per heavy atom. The SMILES string of the molecule is COc1ccc(NC(=O)C(C)Sc2ccc(NC(=O)c3ccccc3C)cc2)c(OC)c1. The third-order valence-electron chi connectivity index (χ3n) is 4.85. The lowest BCUT2D eigenvalue weighted by Crippen LogP contribution is -2.22. The van der Waals surface area contributed by atoms with Gasteiger partial charge in [-0.1, -0.05) is 18.2 Å². The molecule has 0 saturated carbocycles. The molecule has 0 aliphatic carbocycles. The third kappa shape index (κ3) is 5.82. The molecule has 0 aromatic heterocycles. The van der Waals surface area contributed by atoms with Gasteiger partial charge in [-0.05, 0) is 61.9 Å². The number of amides is 2. The third-order valence-corrected chi connectivity index (χ3v) is 5.96. The van der Waals surface area contributed by atoms with Gasteiger partial charge in [-0.2, -0.15) is 0 Å². The average molecular weight is 451 g/mol. The van der Waals surface area contributed by atoms with Crippen LogP contribution in [0.4, 0.5) is 11.4 Å². The summed E-state index contributed by atoms with van der Waals surface area (Å²) in [6.45, 7) is 3.74. The second-order valence-corrected chi connectivity index (χ2v) is 8.52. The number of carbonyl (C=O) groups excluding carboxylic acids is 2. The molecule has 3 aromatic carbocycles. The van der Waals surface area contributed by atoms with Crippen molar-refractivity contribution < 1.29 is 19.1 Å². The van der Waals surface area contributed by atoms with Gasteiger partial charge in [0.25, 0.3) is 5.91 Å². The van der Waals surface area contributed by atoms with E-state index in [0.717, 1.165) is 10.5 Å². The summed E-state index contributed by atoms with van der Waals surface area (Å²) < 4.78 is 10.5. The van der Waals surface area contributed by atoms with Crippen molar-refractivity contribution >= 4 is 35.0 Å². The zero-order valence-corrected chi connectivity index (χ0v) is 19.3. The number of hydrogen-bond donors (Lipinski definition) is 2. The molecule has 0 aliphatic heterocycles. The Balaban J connectivity index is 1.59. The molecule has 0 saturated heterocycles. The maximum Gasteiger partial charge on any atom is 0.255 e. The van der Waals surface area contributed by atoms with E-state index in [2.05, 4.69) is 10.6 Å². The van der Waals surface area contributed by atoms with Crippen LogP contribution in [0.3, 0.4) is 0 Å². The second kappa shape index (κ2) is 10.7. The quantitative estimate of drug-likeness (QED) is 0.451. The molecule has 3 aromatic rings. The van der Waals surface area contributed by atoms with Crippen LogP contribution in [-0.4, -0.2) is 31.3 Å². The minimum atomic E-state index is -0.339. The lowest BCUT2D eigenvalue weighted by atomic mass is 10.1. The summed E-state index contributed by atoms with van der Waals surface area (Å²) in [5, 5.41) is 5.46. The molecule has 0 radical (unpaired) electrons. The highest BCUT2D eigenvalue weighted by Gasteiger charge is 2.17. The lowest BCUT2D eigenvalue weighted by Gasteiger charge is -2.15. The monoisotopic (exact) mass is 450 g/mol. The highest BCUT2D eigenvalue weighted by Crippen LogP contribution is 2.31. The number of hydrogen-bond acceptors (Lipinski definition) is 5. The molecular formula is C25H26N2O4S. The summed E-state index contributed by atoms with van der Waals surface area (Å²) in [6, 6.07) is 20.1. The number of aryl methyl sites for hydroxylation is 1. The molecule has 1 unspecified atom stereocenters. The van der Waals surface area contributed by atoms with Gasteiger partial charge >= 0.3 is 0 Å². The first kappa shape index (κ1) is 23.2. The number of anilines is 2. The van der Waals surface area contributed by atoms with E-state index in [1.807, 2.05) is 56.3 Å². The molecule has 0 fully saturated rings. The number of carbonyl (C=O) groups is 2. The maximum atomic E-state index is 12.7. The molecule has 2 N–H and O–H groups in total. The Morgan fingerprint density at radius 3 is 2.28 bits per heavy atom. The second-order valence-electron chi connectivity index (χ2n) is 7.11. The lowest BCUT2D eigenvalue weighted by molar-refractivity contribution is -0.115. The number of benzene rings is 3. The molecule has 6 nitrogen and oxygen atoms in total. The molecule has 0 bridgehead atoms. The zero-order chi connectivity index (χ0) is 23.1. The van der Waals surface area contributed by atoms with Crippen molar-refractivity contribution in [3.8, 4) is 11.5 Å². The molecular weight excluding hydrogens is 424 g/mol. The van der Waals surface area contributed by atoms with Crippen LogP contribution in [0.15, 0.2) is 71.6 Å². The molecule has 32 heavy (non-hydrogen) atoms. The van der Waals surface area contributed by atoms with Crippen LogP contribution in [0, 0.1) is 6.92 Å². The Morgan fingerprint density at radius 1 is 0.906 bits per heavy atom. The highest BCUT2D eigenvalue weighted by atomic mass is 32.2. The van der Waals surface area contributed by atoms with Crippen molar-refractivity contribution in [1.29, 1.82) is 0 Å². The number of thioether (sulfide) groups is 1. The van der Waals surface area contributed by atoms with E-state index in [4.69, 9.17) is 9.47 Å². The summed E-state index contributed by atoms with van der Waals surface area (Å²) in [6.07, 6.45) is 0. The van der Waals surface area contributed by atoms with Crippen LogP contribution in [0.25, 0.3) is 0 Å². The number of ether oxygens (including phenoxy) is 2. The van der Waals surface area contributed by atoms with Gasteiger partial charge in [-0.25, -0.2) is 0 Å². The van der Waals surface area contributed by atoms with Crippen LogP contribution >= 0.6 is 11.8 Å². The van der Waals surface area contributed by atoms with Crippen molar-refractivity contribution in [3.63, 3.8) is 0 Å². The Kier molecular flexibility index (Phi) is 7.78. The first-order chi connectivity index (χ1) is 15.4. The highest BCUT2D eigenvalue weighted by molar-refractivity contribution is 8.00. The number of methoxy groups -OCH3 is 2. The maximum absolute atomic E-state index is 12.7. The molecule has 2 amide bonds. The van der Waals surface area contributed by atoms with E-state index in [-0.39, 0.29) is 17.1 Å². The number of nitrogens with one attached hydrogen (secondary N) is 2. The van der Waals surface area contributed by atoms with Gasteiger partial charge in [0.05, 0.1) is 25.2 Å². The minimum Gasteiger partial charge on any atom is -0.497 e. The van der Waals surface area contributed by atoms with Crippen molar-refractivity contribution in [3.05, 3.63) is 77.9 Å². The molecule has 7 heteroatoms. The summed E-state index contributed by atoms with van der Waals surface area (Å²) in [7, 11) is 3.12. The van der Waals surface area contributed by atoms with Crippen molar-refractivity contribution in [2.24, 2.45) is 0 Å². The first-order valence-electron chi connectivity index (χ1n) is 10.1. The topological polar surface area (TPSA) is 76.7 Å². The van der Waals surface area contributed by atoms with Crippen LogP contribution in [-0.2, 0) is 4.79 Å². The van der Waals surface area contributed by atoms with E-state index in [0.29, 0.717) is 28.4 Å². The summed E-state index contributed by atoms with van der Waals surface area (Å²) in [5.74, 6) is 0.889. The Hall–Kier alpha value is -3.45. The van der Waals surface area contributed by atoms with E-state index < -0.39 is 0 Å². The minimum absolute atomic E-state index is 0.143. The standard InChI is InChI=1S/C25H26N2O4S/c1-16-7-5-6-8-21(16)25(29)26-18-9-12-20(13-10-18)32-17(2)24(28)27-22-14-11-19(30-3)15-23(22)31-4/h5-15,17H,1-4H3,(H,26,29)(H,27,28). The largest absolute Gasteiger partial charge is 0.497 e. The van der Waals surface area contributed by atoms with Gasteiger partial charge in [-0.15, -0.1) is 11.8 Å². The summed E-state index contributed by atoms with van der Waals surface area (Å²) in [4.78, 5) is 26.1. The zero-order valence-electron chi connectivity index (χ0n) is 18.5. The predicted molar refractivity (Wildman–Crippen MR) is 129 cm³/mol. The fraction of sp³-hybridized carbons (Fsp3) is 0.200. The Bertz CT molecular complexity index is 1100. The molecule has 3 rings (SSSR count). The van der Waals surface area contributed by atoms with Gasteiger partial charge in [0.2, 0.25) is 5.91 Å².